The van der Waals surface area contributed by atoms with Crippen molar-refractivity contribution in [3.8, 4) is 0 Å². The number of rotatable bonds is 6. The Kier molecular flexibility index (Phi) is 5.98. The molecular formula is C19H24FN3O3. The maximum atomic E-state index is 13.0. The largest absolute Gasteiger partial charge is 0.381 e. The smallest absolute Gasteiger partial charge is 0.249 e. The molecular weight excluding hydrogens is 337 g/mol. The van der Waals surface area contributed by atoms with Crippen LogP contribution in [-0.2, 0) is 16.0 Å². The monoisotopic (exact) mass is 361 g/mol. The molecule has 26 heavy (non-hydrogen) atoms. The lowest BCUT2D eigenvalue weighted by atomic mass is 9.91. The molecule has 0 aliphatic carbocycles. The van der Waals surface area contributed by atoms with Crippen molar-refractivity contribution in [1.82, 2.24) is 15.5 Å². The number of halogens is 1. The van der Waals surface area contributed by atoms with E-state index in [9.17, 15) is 9.18 Å². The molecule has 1 N–H and O–H groups in total. The average molecular weight is 361 g/mol. The first kappa shape index (κ1) is 18.5. The molecule has 3 rings (SSSR count). The highest BCUT2D eigenvalue weighted by Crippen LogP contribution is 2.30. The van der Waals surface area contributed by atoms with Crippen molar-refractivity contribution in [2.24, 2.45) is 5.92 Å². The van der Waals surface area contributed by atoms with Gasteiger partial charge < -0.3 is 14.6 Å². The lowest BCUT2D eigenvalue weighted by Gasteiger charge is -2.28. The highest BCUT2D eigenvalue weighted by atomic mass is 19.1. The minimum atomic E-state index is -0.341. The third-order valence-corrected chi connectivity index (χ3v) is 4.57. The summed E-state index contributed by atoms with van der Waals surface area (Å²) in [7, 11) is 0. The van der Waals surface area contributed by atoms with Gasteiger partial charge in [-0.25, -0.2) is 4.39 Å². The van der Waals surface area contributed by atoms with Crippen molar-refractivity contribution in [2.75, 3.05) is 13.2 Å². The topological polar surface area (TPSA) is 77.2 Å². The Bertz CT molecular complexity index is 724. The molecule has 1 aliphatic rings. The fourth-order valence-corrected chi connectivity index (χ4v) is 3.05. The minimum absolute atomic E-state index is 0.151. The first-order valence-corrected chi connectivity index (χ1v) is 8.98. The number of nitrogens with one attached hydrogen (secondary N) is 1. The molecule has 1 fully saturated rings. The predicted molar refractivity (Wildman–Crippen MR) is 92.9 cm³/mol. The van der Waals surface area contributed by atoms with Crippen LogP contribution in [0.3, 0.4) is 0 Å². The summed E-state index contributed by atoms with van der Waals surface area (Å²) in [4.78, 5) is 17.0. The zero-order chi connectivity index (χ0) is 18.5. The Morgan fingerprint density at radius 2 is 1.96 bits per heavy atom. The van der Waals surface area contributed by atoms with E-state index in [2.05, 4.69) is 15.5 Å². The average Bonchev–Trinajstić information content (AvgIpc) is 3.12. The molecule has 2 heterocycles. The fraction of sp³-hybridized carbons (Fsp3) is 0.526. The molecule has 0 radical (unpaired) electrons. The van der Waals surface area contributed by atoms with Crippen LogP contribution >= 0.6 is 0 Å². The van der Waals surface area contributed by atoms with Gasteiger partial charge in [-0.05, 0) is 36.5 Å². The van der Waals surface area contributed by atoms with Crippen molar-refractivity contribution in [1.29, 1.82) is 0 Å². The molecule has 0 saturated carbocycles. The molecule has 1 aliphatic heterocycles. The van der Waals surface area contributed by atoms with E-state index in [4.69, 9.17) is 9.26 Å². The van der Waals surface area contributed by atoms with E-state index in [1.807, 2.05) is 13.8 Å². The van der Waals surface area contributed by atoms with E-state index in [1.165, 1.54) is 12.1 Å². The van der Waals surface area contributed by atoms with Gasteiger partial charge >= 0.3 is 0 Å². The normalized spacial score (nSPS) is 16.6. The maximum absolute atomic E-state index is 13.0. The summed E-state index contributed by atoms with van der Waals surface area (Å²) in [6.07, 6.45) is 1.81. The zero-order valence-electron chi connectivity index (χ0n) is 15.1. The SMILES string of the molecule is CC(C)c1noc([C@@H](NC(=O)Cc2ccc(F)cc2)C2CCOCC2)n1. The first-order valence-electron chi connectivity index (χ1n) is 8.98. The van der Waals surface area contributed by atoms with Crippen LogP contribution in [0, 0.1) is 11.7 Å². The number of carbonyl (C=O) groups excluding carboxylic acids is 1. The van der Waals surface area contributed by atoms with Gasteiger partial charge in [0.2, 0.25) is 11.8 Å². The highest BCUT2D eigenvalue weighted by Gasteiger charge is 2.31. The van der Waals surface area contributed by atoms with Gasteiger partial charge in [0.1, 0.15) is 11.9 Å². The van der Waals surface area contributed by atoms with Crippen LogP contribution in [0.15, 0.2) is 28.8 Å². The Hall–Kier alpha value is -2.28. The summed E-state index contributed by atoms with van der Waals surface area (Å²) in [5, 5.41) is 7.06. The number of hydrogen-bond donors (Lipinski definition) is 1. The van der Waals surface area contributed by atoms with Crippen molar-refractivity contribution >= 4 is 5.91 Å². The molecule has 1 saturated heterocycles. The maximum Gasteiger partial charge on any atom is 0.249 e. The second-order valence-electron chi connectivity index (χ2n) is 6.94. The van der Waals surface area contributed by atoms with Crippen LogP contribution in [0.5, 0.6) is 0 Å². The fourth-order valence-electron chi connectivity index (χ4n) is 3.05. The second-order valence-corrected chi connectivity index (χ2v) is 6.94. The standard InChI is InChI=1S/C19H24FN3O3/c1-12(2)18-22-19(26-23-18)17(14-7-9-25-10-8-14)21-16(24)11-13-3-5-15(20)6-4-13/h3-6,12,14,17H,7-11H2,1-2H3,(H,21,24)/t17-/m0/s1. The van der Waals surface area contributed by atoms with Gasteiger partial charge in [0, 0.05) is 19.1 Å². The minimum Gasteiger partial charge on any atom is -0.381 e. The van der Waals surface area contributed by atoms with Crippen LogP contribution in [0.1, 0.15) is 55.9 Å². The Balaban J connectivity index is 1.73. The Morgan fingerprint density at radius 3 is 2.58 bits per heavy atom. The second kappa shape index (κ2) is 8.40. The Labute approximate surface area is 152 Å². The van der Waals surface area contributed by atoms with Gasteiger partial charge in [0.05, 0.1) is 6.42 Å². The predicted octanol–water partition coefficient (Wildman–Crippen LogP) is 3.16. The van der Waals surface area contributed by atoms with E-state index < -0.39 is 0 Å². The summed E-state index contributed by atoms with van der Waals surface area (Å²) in [5.41, 5.74) is 0.753. The third kappa shape index (κ3) is 4.66. The van der Waals surface area contributed by atoms with E-state index in [0.29, 0.717) is 24.9 Å². The molecule has 1 atom stereocenters. The molecule has 6 nitrogen and oxygen atoms in total. The summed E-state index contributed by atoms with van der Waals surface area (Å²) in [5.74, 6) is 0.927. The molecule has 0 spiro atoms. The van der Waals surface area contributed by atoms with Crippen molar-refractivity contribution in [3.05, 3.63) is 47.4 Å². The molecule has 1 aromatic carbocycles. The molecule has 1 aromatic heterocycles. The number of aromatic nitrogens is 2. The number of nitrogens with zero attached hydrogens (tertiary/aromatic N) is 2. The molecule has 1 amide bonds. The van der Waals surface area contributed by atoms with Gasteiger partial charge in [-0.15, -0.1) is 0 Å². The van der Waals surface area contributed by atoms with Gasteiger partial charge in [-0.1, -0.05) is 31.1 Å². The summed E-state index contributed by atoms with van der Waals surface area (Å²) in [6.45, 7) is 5.29. The highest BCUT2D eigenvalue weighted by molar-refractivity contribution is 5.78. The summed E-state index contributed by atoms with van der Waals surface area (Å²) >= 11 is 0. The Morgan fingerprint density at radius 1 is 1.27 bits per heavy atom. The lowest BCUT2D eigenvalue weighted by molar-refractivity contribution is -0.122. The van der Waals surface area contributed by atoms with Crippen molar-refractivity contribution < 1.29 is 18.4 Å². The van der Waals surface area contributed by atoms with Crippen LogP contribution < -0.4 is 5.32 Å². The number of benzene rings is 1. The number of carbonyl (C=O) groups is 1. The van der Waals surface area contributed by atoms with E-state index in [1.54, 1.807) is 12.1 Å². The van der Waals surface area contributed by atoms with Crippen molar-refractivity contribution in [2.45, 2.75) is 45.1 Å². The lowest BCUT2D eigenvalue weighted by Crippen LogP contribution is -2.37. The van der Waals surface area contributed by atoms with Crippen LogP contribution in [-0.4, -0.2) is 29.3 Å². The molecule has 2 aromatic rings. The van der Waals surface area contributed by atoms with E-state index in [-0.39, 0.29) is 36.0 Å². The molecule has 0 bridgehead atoms. The quantitative estimate of drug-likeness (QED) is 0.855. The van der Waals surface area contributed by atoms with E-state index in [0.717, 1.165) is 18.4 Å². The number of hydrogen-bond acceptors (Lipinski definition) is 5. The number of ether oxygens (including phenoxy) is 1. The van der Waals surface area contributed by atoms with Crippen LogP contribution in [0.4, 0.5) is 4.39 Å². The summed E-state index contributed by atoms with van der Waals surface area (Å²) in [6, 6.07) is 5.59. The number of amides is 1. The van der Waals surface area contributed by atoms with Gasteiger partial charge in [-0.3, -0.25) is 4.79 Å². The van der Waals surface area contributed by atoms with Gasteiger partial charge in [-0.2, -0.15) is 4.98 Å². The van der Waals surface area contributed by atoms with E-state index >= 15 is 0 Å². The van der Waals surface area contributed by atoms with Crippen LogP contribution in [0.25, 0.3) is 0 Å². The summed E-state index contributed by atoms with van der Waals surface area (Å²) < 4.78 is 23.9. The zero-order valence-corrected chi connectivity index (χ0v) is 15.1. The third-order valence-electron chi connectivity index (χ3n) is 4.57. The molecule has 0 unspecified atom stereocenters. The van der Waals surface area contributed by atoms with Crippen molar-refractivity contribution in [3.63, 3.8) is 0 Å². The van der Waals surface area contributed by atoms with Crippen LogP contribution in [0.2, 0.25) is 0 Å². The first-order chi connectivity index (χ1) is 12.5. The van der Waals surface area contributed by atoms with Gasteiger partial charge in [0.15, 0.2) is 5.82 Å². The van der Waals surface area contributed by atoms with Gasteiger partial charge in [0.25, 0.3) is 0 Å². The molecule has 7 heteroatoms. The molecule has 140 valence electrons.